The molecule has 0 bridgehead atoms. The first-order chi connectivity index (χ1) is 8.77. The number of halogens is 3. The summed E-state index contributed by atoms with van der Waals surface area (Å²) >= 11 is 0. The van der Waals surface area contributed by atoms with Gasteiger partial charge in [0, 0.05) is 6.92 Å². The molecule has 4 heteroatoms. The largest absolute Gasteiger partial charge is 0.387 e. The van der Waals surface area contributed by atoms with Crippen molar-refractivity contribution in [3.8, 4) is 0 Å². The van der Waals surface area contributed by atoms with Crippen LogP contribution in [0.2, 0.25) is 0 Å². The molecule has 0 aromatic carbocycles. The van der Waals surface area contributed by atoms with E-state index in [-0.39, 0.29) is 26.7 Å². The van der Waals surface area contributed by atoms with E-state index in [1.165, 1.54) is 6.42 Å². The number of alkyl halides is 3. The van der Waals surface area contributed by atoms with Crippen LogP contribution >= 0.6 is 0 Å². The maximum absolute atomic E-state index is 12.1. The number of hydrogen-bond acceptors (Lipinski definition) is 1. The highest BCUT2D eigenvalue weighted by atomic mass is 19.3. The Labute approximate surface area is 138 Å². The van der Waals surface area contributed by atoms with E-state index >= 15 is 0 Å². The summed E-state index contributed by atoms with van der Waals surface area (Å²) < 4.78 is 36.1. The summed E-state index contributed by atoms with van der Waals surface area (Å²) in [6, 6.07) is 0. The third-order valence-electron chi connectivity index (χ3n) is 2.89. The molecule has 0 aliphatic rings. The van der Waals surface area contributed by atoms with Crippen LogP contribution in [0.1, 0.15) is 83.6 Å². The second kappa shape index (κ2) is 17.1. The van der Waals surface area contributed by atoms with E-state index in [0.29, 0.717) is 0 Å². The fourth-order valence-electron chi connectivity index (χ4n) is 0.585. The Morgan fingerprint density at radius 1 is 0.864 bits per heavy atom. The Bertz CT molecular complexity index is 191. The monoisotopic (exact) mass is 332 g/mol. The molecule has 1 nitrogen and oxygen atoms in total. The lowest BCUT2D eigenvalue weighted by atomic mass is 10.0. The van der Waals surface area contributed by atoms with Crippen LogP contribution in [0, 0.1) is 17.8 Å². The summed E-state index contributed by atoms with van der Waals surface area (Å²) in [4.78, 5) is 0. The van der Waals surface area contributed by atoms with E-state index < -0.39 is 18.2 Å². The molecule has 0 amide bonds. The molecule has 0 aromatic rings. The Balaban J connectivity index is -0.0000000659. The minimum atomic E-state index is -2.96. The number of aliphatic hydroxyl groups is 1. The smallest absolute Gasteiger partial charge is 0.270 e. The zero-order valence-electron chi connectivity index (χ0n) is 14.7. The van der Waals surface area contributed by atoms with Crippen molar-refractivity contribution in [1.82, 2.24) is 0 Å². The molecule has 2 atom stereocenters. The zero-order valence-corrected chi connectivity index (χ0v) is 14.7. The van der Waals surface area contributed by atoms with Crippen molar-refractivity contribution < 1.29 is 18.3 Å². The van der Waals surface area contributed by atoms with Gasteiger partial charge in [-0.3, -0.25) is 0 Å². The van der Waals surface area contributed by atoms with Gasteiger partial charge in [0.2, 0.25) is 0 Å². The normalized spacial score (nSPS) is 13.1. The van der Waals surface area contributed by atoms with Gasteiger partial charge in [-0.2, -0.15) is 0 Å². The van der Waals surface area contributed by atoms with Crippen LogP contribution < -0.4 is 0 Å². The number of rotatable bonds is 4. The molecule has 0 heterocycles. The molecule has 0 fully saturated rings. The predicted molar refractivity (Wildman–Crippen MR) is 95.5 cm³/mol. The molecule has 0 rings (SSSR count). The van der Waals surface area contributed by atoms with Gasteiger partial charge >= 0.3 is 0 Å². The highest BCUT2D eigenvalue weighted by Gasteiger charge is 2.34. The third-order valence-corrected chi connectivity index (χ3v) is 2.89. The summed E-state index contributed by atoms with van der Waals surface area (Å²) in [5, 5.41) is 8.71. The Hall–Kier alpha value is -0.250. The number of aliphatic hydroxyl groups excluding tert-OH is 1. The fourth-order valence-corrected chi connectivity index (χ4v) is 0.585. The molecule has 0 saturated carbocycles. The first-order valence-electron chi connectivity index (χ1n) is 7.47. The first kappa shape index (κ1) is 33.4. The average Bonchev–Trinajstić information content (AvgIpc) is 2.28. The molecule has 0 aromatic heterocycles. The molecule has 0 aliphatic heterocycles. The summed E-state index contributed by atoms with van der Waals surface area (Å²) in [6.07, 6.45) is -0.859. The van der Waals surface area contributed by atoms with Gasteiger partial charge in [-0.25, -0.2) is 13.2 Å². The first-order valence-corrected chi connectivity index (χ1v) is 7.47. The van der Waals surface area contributed by atoms with Crippen molar-refractivity contribution in [2.24, 2.45) is 17.8 Å². The third kappa shape index (κ3) is 28.0. The molecule has 0 saturated heterocycles. The second-order valence-corrected chi connectivity index (χ2v) is 6.37. The molecule has 1 N–H and O–H groups in total. The van der Waals surface area contributed by atoms with Crippen LogP contribution in [0.4, 0.5) is 13.2 Å². The lowest BCUT2D eigenvalue weighted by molar-refractivity contribution is -0.112. The maximum atomic E-state index is 12.1. The van der Waals surface area contributed by atoms with Crippen LogP contribution in [0.5, 0.6) is 0 Å². The van der Waals surface area contributed by atoms with Gasteiger partial charge in [0.1, 0.15) is 6.10 Å². The van der Waals surface area contributed by atoms with Gasteiger partial charge in [-0.05, 0) is 24.7 Å². The van der Waals surface area contributed by atoms with Crippen molar-refractivity contribution in [3.05, 3.63) is 0 Å². The molecule has 142 valence electrons. The van der Waals surface area contributed by atoms with Crippen LogP contribution in [0.15, 0.2) is 0 Å². The van der Waals surface area contributed by atoms with Crippen LogP contribution in [0.25, 0.3) is 0 Å². The van der Waals surface area contributed by atoms with Crippen molar-refractivity contribution >= 4 is 0 Å². The van der Waals surface area contributed by atoms with E-state index in [9.17, 15) is 13.2 Å². The highest BCUT2D eigenvalue weighted by molar-refractivity contribution is 4.73. The zero-order chi connectivity index (χ0) is 17.1. The van der Waals surface area contributed by atoms with E-state index in [1.807, 2.05) is 13.8 Å². The molecule has 0 aliphatic carbocycles. The van der Waals surface area contributed by atoms with Crippen molar-refractivity contribution in [1.29, 1.82) is 0 Å². The molecule has 0 radical (unpaired) electrons. The van der Waals surface area contributed by atoms with Crippen molar-refractivity contribution in [3.63, 3.8) is 0 Å². The van der Waals surface area contributed by atoms with E-state index in [1.54, 1.807) is 20.8 Å². The Morgan fingerprint density at radius 3 is 1.09 bits per heavy atom. The fraction of sp³-hybridized carbons (Fsp3) is 1.00. The van der Waals surface area contributed by atoms with Gasteiger partial charge in [0.05, 0.1) is 6.17 Å². The van der Waals surface area contributed by atoms with Crippen LogP contribution in [-0.4, -0.2) is 23.3 Å². The lowest BCUT2D eigenvalue weighted by Crippen LogP contribution is -2.34. The highest BCUT2D eigenvalue weighted by Crippen LogP contribution is 2.22. The van der Waals surface area contributed by atoms with Crippen molar-refractivity contribution in [2.75, 3.05) is 0 Å². The van der Waals surface area contributed by atoms with Crippen molar-refractivity contribution in [2.45, 2.75) is 102 Å². The predicted octanol–water partition coefficient (Wildman–Crippen LogP) is 6.98. The van der Waals surface area contributed by atoms with E-state index in [0.717, 1.165) is 12.8 Å². The second-order valence-electron chi connectivity index (χ2n) is 6.37. The topological polar surface area (TPSA) is 20.2 Å². The molecule has 22 heavy (non-hydrogen) atoms. The van der Waals surface area contributed by atoms with Gasteiger partial charge in [-0.1, -0.05) is 69.7 Å². The molecular weight excluding hydrogens is 289 g/mol. The maximum Gasteiger partial charge on any atom is 0.270 e. The quantitative estimate of drug-likeness (QED) is 0.588. The van der Waals surface area contributed by atoms with Gasteiger partial charge in [0.15, 0.2) is 0 Å². The van der Waals surface area contributed by atoms with E-state index in [2.05, 4.69) is 20.8 Å². The summed E-state index contributed by atoms with van der Waals surface area (Å²) in [6.45, 7) is 15.8. The van der Waals surface area contributed by atoms with Crippen LogP contribution in [0.3, 0.4) is 0 Å². The summed E-state index contributed by atoms with van der Waals surface area (Å²) in [5.74, 6) is -2.28. The van der Waals surface area contributed by atoms with Crippen LogP contribution in [-0.2, 0) is 0 Å². The Morgan fingerprint density at radius 2 is 1.09 bits per heavy atom. The minimum absolute atomic E-state index is 0. The minimum Gasteiger partial charge on any atom is -0.387 e. The lowest BCUT2D eigenvalue weighted by Gasteiger charge is -2.20. The van der Waals surface area contributed by atoms with Gasteiger partial charge < -0.3 is 5.11 Å². The molecule has 0 spiro atoms. The van der Waals surface area contributed by atoms with E-state index in [4.69, 9.17) is 5.11 Å². The van der Waals surface area contributed by atoms with Gasteiger partial charge in [0.25, 0.3) is 5.92 Å². The standard InChI is InChI=1S/C6H12F2O.C5H11F.C5H12.2CH4/c1-4(2)5(9)6(3,7)8;1-4(2)5(3)6;1-4-5(2)3;;/h4-5,9H,1-3H3;4-5H,1-3H3;5H,4H2,1-3H3;2*1H4. The summed E-state index contributed by atoms with van der Waals surface area (Å²) in [5.41, 5.74) is 0. The SMILES string of the molecule is C.C.CC(C)C(C)F.CC(C)C(O)C(C)(F)F.CCC(C)C. The summed E-state index contributed by atoms with van der Waals surface area (Å²) in [7, 11) is 0. The number of hydrogen-bond donors (Lipinski definition) is 1. The molecule has 2 unspecified atom stereocenters. The Kier molecular flexibility index (Phi) is 26.0. The average molecular weight is 333 g/mol. The van der Waals surface area contributed by atoms with Gasteiger partial charge in [-0.15, -0.1) is 0 Å². The molecular formula is C18H43F3O.